The standard InChI is InChI=1S/C15H16N2O8/c1-14-8-23-15(2,25-14)4-3-12(14)24-13(18)9-5-10(16(19)20)7-11(6-9)17(21)22/h5-7,12H,3-4,8H2,1-2H3/t12-,14+,15+/m1/s1. The highest BCUT2D eigenvalue weighted by Gasteiger charge is 2.55. The average molecular weight is 352 g/mol. The van der Waals surface area contributed by atoms with Crippen LogP contribution in [0, 0.1) is 20.2 Å². The number of carbonyl (C=O) groups excluding carboxylic acids is 1. The number of benzene rings is 1. The first-order valence-electron chi connectivity index (χ1n) is 7.61. The van der Waals surface area contributed by atoms with Crippen LogP contribution in [0.25, 0.3) is 0 Å². The number of hydrogen-bond acceptors (Lipinski definition) is 8. The second-order valence-corrected chi connectivity index (χ2v) is 6.52. The molecule has 2 heterocycles. The number of nitro benzene ring substituents is 2. The molecule has 0 unspecified atom stereocenters. The number of non-ortho nitro benzene ring substituents is 2. The molecule has 0 amide bonds. The van der Waals surface area contributed by atoms with Crippen LogP contribution in [0.2, 0.25) is 0 Å². The summed E-state index contributed by atoms with van der Waals surface area (Å²) in [7, 11) is 0. The average Bonchev–Trinajstić information content (AvgIpc) is 2.81. The van der Waals surface area contributed by atoms with Crippen molar-refractivity contribution >= 4 is 17.3 Å². The van der Waals surface area contributed by atoms with Crippen molar-refractivity contribution in [2.75, 3.05) is 6.61 Å². The summed E-state index contributed by atoms with van der Waals surface area (Å²) in [5, 5.41) is 21.9. The van der Waals surface area contributed by atoms with Crippen LogP contribution in [0.4, 0.5) is 11.4 Å². The third-order valence-corrected chi connectivity index (χ3v) is 4.46. The van der Waals surface area contributed by atoms with Gasteiger partial charge in [0, 0.05) is 18.6 Å². The Morgan fingerprint density at radius 1 is 1.20 bits per heavy atom. The van der Waals surface area contributed by atoms with Crippen LogP contribution >= 0.6 is 0 Å². The van der Waals surface area contributed by atoms with Crippen molar-refractivity contribution in [3.63, 3.8) is 0 Å². The van der Waals surface area contributed by atoms with E-state index in [1.165, 1.54) is 0 Å². The number of ether oxygens (including phenoxy) is 3. The Morgan fingerprint density at radius 3 is 2.36 bits per heavy atom. The molecule has 0 saturated carbocycles. The predicted molar refractivity (Wildman–Crippen MR) is 82.0 cm³/mol. The molecule has 134 valence electrons. The highest BCUT2D eigenvalue weighted by Crippen LogP contribution is 2.44. The van der Waals surface area contributed by atoms with Crippen molar-refractivity contribution in [3.8, 4) is 0 Å². The largest absolute Gasteiger partial charge is 0.456 e. The SMILES string of the molecule is C[C@]12CC[C@@H](OC(=O)c3cc([N+](=O)[O-])cc([N+](=O)[O-])c3)[C@](C)(CO1)O2. The Kier molecular flexibility index (Phi) is 3.96. The zero-order valence-corrected chi connectivity index (χ0v) is 13.6. The summed E-state index contributed by atoms with van der Waals surface area (Å²) in [6.07, 6.45) is 0.402. The summed E-state index contributed by atoms with van der Waals surface area (Å²) in [4.78, 5) is 32.6. The van der Waals surface area contributed by atoms with Crippen molar-refractivity contribution in [3.05, 3.63) is 44.0 Å². The molecule has 2 saturated heterocycles. The maximum Gasteiger partial charge on any atom is 0.339 e. The van der Waals surface area contributed by atoms with E-state index in [1.807, 2.05) is 0 Å². The van der Waals surface area contributed by atoms with Gasteiger partial charge in [0.1, 0.15) is 11.7 Å². The number of carbonyl (C=O) groups is 1. The Hall–Kier alpha value is -2.59. The van der Waals surface area contributed by atoms with E-state index in [2.05, 4.69) is 0 Å². The fourth-order valence-corrected chi connectivity index (χ4v) is 3.13. The number of fused-ring (bicyclic) bond motifs is 2. The molecule has 1 aromatic rings. The molecule has 2 bridgehead atoms. The molecule has 0 aliphatic carbocycles. The highest BCUT2D eigenvalue weighted by atomic mass is 16.8. The molecule has 2 aliphatic heterocycles. The van der Waals surface area contributed by atoms with Gasteiger partial charge in [0.2, 0.25) is 0 Å². The molecular weight excluding hydrogens is 336 g/mol. The molecule has 2 fully saturated rings. The van der Waals surface area contributed by atoms with Gasteiger partial charge in [-0.3, -0.25) is 20.2 Å². The minimum Gasteiger partial charge on any atom is -0.456 e. The normalized spacial score (nSPS) is 30.7. The first-order valence-corrected chi connectivity index (χ1v) is 7.61. The Labute approximate surface area is 142 Å². The van der Waals surface area contributed by atoms with Gasteiger partial charge in [0.05, 0.1) is 28.1 Å². The minimum atomic E-state index is -0.878. The van der Waals surface area contributed by atoms with E-state index < -0.39 is 44.7 Å². The number of rotatable bonds is 4. The monoisotopic (exact) mass is 352 g/mol. The van der Waals surface area contributed by atoms with Gasteiger partial charge in [0.25, 0.3) is 11.4 Å². The second-order valence-electron chi connectivity index (χ2n) is 6.52. The first kappa shape index (κ1) is 17.2. The van der Waals surface area contributed by atoms with Crippen molar-refractivity contribution in [2.24, 2.45) is 0 Å². The summed E-state index contributed by atoms with van der Waals surface area (Å²) in [6, 6.07) is 2.70. The van der Waals surface area contributed by atoms with Crippen LogP contribution in [0.3, 0.4) is 0 Å². The van der Waals surface area contributed by atoms with Crippen molar-refractivity contribution in [1.82, 2.24) is 0 Å². The first-order chi connectivity index (χ1) is 11.6. The second kappa shape index (κ2) is 5.74. The zero-order chi connectivity index (χ0) is 18.4. The van der Waals surface area contributed by atoms with Crippen molar-refractivity contribution in [1.29, 1.82) is 0 Å². The maximum absolute atomic E-state index is 12.4. The van der Waals surface area contributed by atoms with Gasteiger partial charge in [-0.2, -0.15) is 0 Å². The van der Waals surface area contributed by atoms with E-state index in [9.17, 15) is 25.0 Å². The smallest absolute Gasteiger partial charge is 0.339 e. The summed E-state index contributed by atoms with van der Waals surface area (Å²) in [6.45, 7) is 3.81. The number of hydrogen-bond donors (Lipinski definition) is 0. The van der Waals surface area contributed by atoms with Crippen LogP contribution in [0.15, 0.2) is 18.2 Å². The zero-order valence-electron chi connectivity index (χ0n) is 13.6. The van der Waals surface area contributed by atoms with Crippen LogP contribution in [-0.2, 0) is 14.2 Å². The molecule has 0 N–H and O–H groups in total. The van der Waals surface area contributed by atoms with E-state index in [1.54, 1.807) is 13.8 Å². The molecule has 1 aromatic carbocycles. The minimum absolute atomic E-state index is 0.247. The topological polar surface area (TPSA) is 131 Å². The van der Waals surface area contributed by atoms with E-state index >= 15 is 0 Å². The van der Waals surface area contributed by atoms with Gasteiger partial charge in [-0.05, 0) is 20.3 Å². The molecule has 3 rings (SSSR count). The fraction of sp³-hybridized carbons (Fsp3) is 0.533. The maximum atomic E-state index is 12.4. The summed E-state index contributed by atoms with van der Waals surface area (Å²) < 4.78 is 16.9. The lowest BCUT2D eigenvalue weighted by Crippen LogP contribution is -2.50. The Balaban J connectivity index is 1.84. The van der Waals surface area contributed by atoms with Crippen LogP contribution in [-0.4, -0.2) is 39.9 Å². The van der Waals surface area contributed by atoms with Gasteiger partial charge < -0.3 is 14.2 Å². The summed E-state index contributed by atoms with van der Waals surface area (Å²) in [5.41, 5.74) is -2.18. The third-order valence-electron chi connectivity index (χ3n) is 4.46. The number of esters is 1. The van der Waals surface area contributed by atoms with E-state index in [4.69, 9.17) is 14.2 Å². The highest BCUT2D eigenvalue weighted by molar-refractivity contribution is 5.91. The molecule has 3 atom stereocenters. The van der Waals surface area contributed by atoms with Crippen LogP contribution in [0.1, 0.15) is 37.0 Å². The number of nitro groups is 2. The van der Waals surface area contributed by atoms with Crippen molar-refractivity contribution in [2.45, 2.75) is 44.2 Å². The molecule has 0 radical (unpaired) electrons. The molecule has 10 heteroatoms. The summed E-state index contributed by atoms with van der Waals surface area (Å²) in [5.74, 6) is -1.58. The molecule has 10 nitrogen and oxygen atoms in total. The molecule has 0 aromatic heterocycles. The predicted octanol–water partition coefficient (Wildman–Crippen LogP) is 2.34. The van der Waals surface area contributed by atoms with Gasteiger partial charge in [-0.1, -0.05) is 0 Å². The summed E-state index contributed by atoms with van der Waals surface area (Å²) >= 11 is 0. The van der Waals surface area contributed by atoms with Crippen LogP contribution in [0.5, 0.6) is 0 Å². The molecule has 25 heavy (non-hydrogen) atoms. The Bertz CT molecular complexity index is 734. The molecule has 2 aliphatic rings. The quantitative estimate of drug-likeness (QED) is 0.458. The van der Waals surface area contributed by atoms with Gasteiger partial charge in [0.15, 0.2) is 5.79 Å². The van der Waals surface area contributed by atoms with E-state index in [0.29, 0.717) is 12.8 Å². The Morgan fingerprint density at radius 2 is 1.80 bits per heavy atom. The third kappa shape index (κ3) is 3.17. The lowest BCUT2D eigenvalue weighted by Gasteiger charge is -2.39. The van der Waals surface area contributed by atoms with E-state index in [0.717, 1.165) is 18.2 Å². The van der Waals surface area contributed by atoms with E-state index in [-0.39, 0.29) is 12.2 Å². The van der Waals surface area contributed by atoms with Crippen molar-refractivity contribution < 1.29 is 28.9 Å². The number of nitrogens with zero attached hydrogens (tertiary/aromatic N) is 2. The lowest BCUT2D eigenvalue weighted by atomic mass is 9.92. The van der Waals surface area contributed by atoms with Gasteiger partial charge in [-0.25, -0.2) is 4.79 Å². The molecule has 0 spiro atoms. The van der Waals surface area contributed by atoms with Gasteiger partial charge in [-0.15, -0.1) is 0 Å². The molecular formula is C15H16N2O8. The van der Waals surface area contributed by atoms with Gasteiger partial charge >= 0.3 is 5.97 Å². The lowest BCUT2D eigenvalue weighted by molar-refractivity contribution is -0.394. The fourth-order valence-electron chi connectivity index (χ4n) is 3.13. The van der Waals surface area contributed by atoms with Crippen LogP contribution < -0.4 is 0 Å².